The van der Waals surface area contributed by atoms with Crippen molar-refractivity contribution in [1.82, 2.24) is 5.43 Å². The Labute approximate surface area is 244 Å². The van der Waals surface area contributed by atoms with Crippen LogP contribution in [0.4, 0.5) is 0 Å². The number of hydrogen-bond acceptors (Lipinski definition) is 7. The number of amides is 1. The van der Waals surface area contributed by atoms with Crippen molar-refractivity contribution in [1.29, 1.82) is 0 Å². The molecule has 0 unspecified atom stereocenters. The van der Waals surface area contributed by atoms with Gasteiger partial charge in [0.1, 0.15) is 0 Å². The normalized spacial score (nSPS) is 10.7. The highest BCUT2D eigenvalue weighted by atomic mass is 35.5. The van der Waals surface area contributed by atoms with E-state index in [9.17, 15) is 14.4 Å². The number of benzene rings is 4. The molecule has 0 aliphatic rings. The van der Waals surface area contributed by atoms with Crippen molar-refractivity contribution in [3.8, 4) is 17.2 Å². The zero-order chi connectivity index (χ0) is 28.5. The van der Waals surface area contributed by atoms with Gasteiger partial charge in [-0.05, 0) is 60.2 Å². The Morgan fingerprint density at radius 1 is 0.725 bits per heavy atom. The number of ether oxygens (including phenoxy) is 3. The van der Waals surface area contributed by atoms with E-state index in [1.54, 1.807) is 66.7 Å². The van der Waals surface area contributed by atoms with Crippen LogP contribution in [0.3, 0.4) is 0 Å². The molecule has 202 valence electrons. The predicted molar refractivity (Wildman–Crippen MR) is 152 cm³/mol. The molecule has 4 aromatic carbocycles. The van der Waals surface area contributed by atoms with E-state index in [0.717, 1.165) is 0 Å². The summed E-state index contributed by atoms with van der Waals surface area (Å²) in [5.41, 5.74) is 3.36. The number of rotatable bonds is 9. The van der Waals surface area contributed by atoms with Gasteiger partial charge in [0.25, 0.3) is 5.91 Å². The first-order valence-corrected chi connectivity index (χ1v) is 12.7. The summed E-state index contributed by atoms with van der Waals surface area (Å²) in [5.74, 6) is -1.78. The average Bonchev–Trinajstić information content (AvgIpc) is 2.94. The minimum atomic E-state index is -0.656. The number of hydrazone groups is 1. The third-order valence-electron chi connectivity index (χ3n) is 5.11. The van der Waals surface area contributed by atoms with Crippen molar-refractivity contribution < 1.29 is 28.6 Å². The van der Waals surface area contributed by atoms with E-state index >= 15 is 0 Å². The van der Waals surface area contributed by atoms with Crippen LogP contribution in [-0.4, -0.2) is 30.7 Å². The van der Waals surface area contributed by atoms with Gasteiger partial charge in [0.2, 0.25) is 0 Å². The second-order valence-corrected chi connectivity index (χ2v) is 9.25. The number of carbonyl (C=O) groups excluding carboxylic acids is 3. The van der Waals surface area contributed by atoms with Crippen molar-refractivity contribution in [2.24, 2.45) is 5.10 Å². The minimum Gasteiger partial charge on any atom is -0.481 e. The van der Waals surface area contributed by atoms with E-state index in [-0.39, 0.29) is 27.3 Å². The lowest BCUT2D eigenvalue weighted by Gasteiger charge is -2.12. The summed E-state index contributed by atoms with van der Waals surface area (Å²) in [7, 11) is 0. The molecule has 0 aromatic heterocycles. The SMILES string of the molecule is O=C(COc1c(Cl)cc(Cl)cc1Cl)NN=Cc1ccc(OC(=O)c2ccccc2)c(OC(=O)c2ccccc2)c1. The fourth-order valence-electron chi connectivity index (χ4n) is 3.25. The number of esters is 2. The second kappa shape index (κ2) is 13.6. The molecule has 0 aliphatic heterocycles. The number of nitrogens with zero attached hydrogens (tertiary/aromatic N) is 1. The number of carbonyl (C=O) groups is 3. The third-order valence-corrected chi connectivity index (χ3v) is 5.89. The molecule has 4 rings (SSSR count). The Morgan fingerprint density at radius 2 is 1.27 bits per heavy atom. The summed E-state index contributed by atoms with van der Waals surface area (Å²) in [6.07, 6.45) is 1.31. The predicted octanol–water partition coefficient (Wildman–Crippen LogP) is 6.61. The highest BCUT2D eigenvalue weighted by Crippen LogP contribution is 2.35. The maximum Gasteiger partial charge on any atom is 0.343 e. The van der Waals surface area contributed by atoms with E-state index in [1.165, 1.54) is 30.5 Å². The summed E-state index contributed by atoms with van der Waals surface area (Å²) < 4.78 is 16.4. The van der Waals surface area contributed by atoms with Crippen molar-refractivity contribution in [3.63, 3.8) is 0 Å². The molecule has 1 N–H and O–H groups in total. The van der Waals surface area contributed by atoms with E-state index in [1.807, 2.05) is 0 Å². The summed E-state index contributed by atoms with van der Waals surface area (Å²) in [6.45, 7) is -0.424. The lowest BCUT2D eigenvalue weighted by atomic mass is 10.2. The molecule has 0 saturated carbocycles. The number of nitrogens with one attached hydrogen (secondary N) is 1. The van der Waals surface area contributed by atoms with Gasteiger partial charge in [0, 0.05) is 5.02 Å². The Morgan fingerprint density at radius 3 is 1.85 bits per heavy atom. The van der Waals surface area contributed by atoms with Gasteiger partial charge in [-0.1, -0.05) is 71.2 Å². The van der Waals surface area contributed by atoms with Gasteiger partial charge in [0.15, 0.2) is 23.9 Å². The van der Waals surface area contributed by atoms with E-state index in [0.29, 0.717) is 21.7 Å². The molecule has 0 saturated heterocycles. The quantitative estimate of drug-likeness (QED) is 0.101. The molecule has 0 spiro atoms. The van der Waals surface area contributed by atoms with Gasteiger partial charge < -0.3 is 14.2 Å². The van der Waals surface area contributed by atoms with Crippen LogP contribution in [0.5, 0.6) is 17.2 Å². The van der Waals surface area contributed by atoms with Crippen LogP contribution in [0, 0.1) is 0 Å². The summed E-state index contributed by atoms with van der Waals surface area (Å²) >= 11 is 18.0. The average molecular weight is 598 g/mol. The highest BCUT2D eigenvalue weighted by molar-refractivity contribution is 6.40. The monoisotopic (exact) mass is 596 g/mol. The van der Waals surface area contributed by atoms with Gasteiger partial charge in [0.05, 0.1) is 27.4 Å². The summed E-state index contributed by atoms with van der Waals surface area (Å²) in [4.78, 5) is 37.5. The van der Waals surface area contributed by atoms with Crippen molar-refractivity contribution in [2.75, 3.05) is 6.61 Å². The first-order valence-electron chi connectivity index (χ1n) is 11.6. The second-order valence-electron chi connectivity index (χ2n) is 8.00. The van der Waals surface area contributed by atoms with Gasteiger partial charge in [-0.15, -0.1) is 0 Å². The fourth-order valence-corrected chi connectivity index (χ4v) is 4.18. The zero-order valence-electron chi connectivity index (χ0n) is 20.5. The Hall–Kier alpha value is -4.37. The zero-order valence-corrected chi connectivity index (χ0v) is 22.7. The van der Waals surface area contributed by atoms with Crippen LogP contribution < -0.4 is 19.6 Å². The number of halogens is 3. The Bertz CT molecular complexity index is 1540. The topological polar surface area (TPSA) is 103 Å². The maximum atomic E-state index is 12.7. The Balaban J connectivity index is 1.46. The molecule has 1 amide bonds. The molecule has 4 aromatic rings. The molecule has 0 heterocycles. The molecular weight excluding hydrogens is 579 g/mol. The Kier molecular flexibility index (Phi) is 9.75. The standard InChI is InChI=1S/C29H19Cl3N2O6/c30-21-14-22(31)27(23(32)15-21)38-17-26(35)34-33-16-18-11-12-24(39-28(36)19-7-3-1-4-8-19)25(13-18)40-29(37)20-9-5-2-6-10-20/h1-16H,17H2,(H,34,35). The minimum absolute atomic E-state index is 0.0180. The van der Waals surface area contributed by atoms with Crippen LogP contribution in [-0.2, 0) is 4.79 Å². The molecule has 40 heavy (non-hydrogen) atoms. The largest absolute Gasteiger partial charge is 0.481 e. The smallest absolute Gasteiger partial charge is 0.343 e. The van der Waals surface area contributed by atoms with Crippen molar-refractivity contribution in [2.45, 2.75) is 0 Å². The maximum absolute atomic E-state index is 12.7. The van der Waals surface area contributed by atoms with Crippen LogP contribution in [0.15, 0.2) is 96.1 Å². The van der Waals surface area contributed by atoms with E-state index < -0.39 is 24.5 Å². The van der Waals surface area contributed by atoms with Crippen molar-refractivity contribution in [3.05, 3.63) is 123 Å². The van der Waals surface area contributed by atoms with Crippen LogP contribution in [0.2, 0.25) is 15.1 Å². The van der Waals surface area contributed by atoms with Crippen LogP contribution in [0.1, 0.15) is 26.3 Å². The lowest BCUT2D eigenvalue weighted by Crippen LogP contribution is -2.24. The van der Waals surface area contributed by atoms with Gasteiger partial charge in [-0.2, -0.15) is 5.10 Å². The van der Waals surface area contributed by atoms with Crippen molar-refractivity contribution >= 4 is 58.9 Å². The van der Waals surface area contributed by atoms with E-state index in [2.05, 4.69) is 10.5 Å². The van der Waals surface area contributed by atoms with Crippen LogP contribution >= 0.6 is 34.8 Å². The molecule has 0 atom stereocenters. The first-order chi connectivity index (χ1) is 19.3. The summed E-state index contributed by atoms with van der Waals surface area (Å²) in [5, 5.41) is 4.52. The van der Waals surface area contributed by atoms with Gasteiger partial charge >= 0.3 is 11.9 Å². The van der Waals surface area contributed by atoms with Gasteiger partial charge in [-0.25, -0.2) is 15.0 Å². The first kappa shape index (κ1) is 28.6. The fraction of sp³-hybridized carbons (Fsp3) is 0.0345. The molecule has 0 radical (unpaired) electrons. The molecular formula is C29H19Cl3N2O6. The van der Waals surface area contributed by atoms with Gasteiger partial charge in [-0.3, -0.25) is 4.79 Å². The molecule has 0 fully saturated rings. The summed E-state index contributed by atoms with van der Waals surface area (Å²) in [6, 6.07) is 24.0. The molecule has 0 aliphatic carbocycles. The molecule has 0 bridgehead atoms. The van der Waals surface area contributed by atoms with Crippen LogP contribution in [0.25, 0.3) is 0 Å². The van der Waals surface area contributed by atoms with E-state index in [4.69, 9.17) is 49.0 Å². The highest BCUT2D eigenvalue weighted by Gasteiger charge is 2.17. The third kappa shape index (κ3) is 7.83. The molecule has 8 nitrogen and oxygen atoms in total. The lowest BCUT2D eigenvalue weighted by molar-refractivity contribution is -0.123. The number of hydrogen-bond donors (Lipinski definition) is 1. The molecule has 11 heteroatoms.